The lowest BCUT2D eigenvalue weighted by molar-refractivity contribution is -0.115. The van der Waals surface area contributed by atoms with Crippen LogP contribution in [-0.4, -0.2) is 39.1 Å². The molecule has 9 nitrogen and oxygen atoms in total. The number of aryl methyl sites for hydroxylation is 1. The van der Waals surface area contributed by atoms with Crippen LogP contribution in [0, 0.1) is 6.92 Å². The summed E-state index contributed by atoms with van der Waals surface area (Å²) in [5.74, 6) is 0.873. The average Bonchev–Trinajstić information content (AvgIpc) is 2.90. The van der Waals surface area contributed by atoms with Gasteiger partial charge in [-0.05, 0) is 30.3 Å². The van der Waals surface area contributed by atoms with Crippen LogP contribution in [0.1, 0.15) is 12.3 Å². The summed E-state index contributed by atoms with van der Waals surface area (Å²) in [7, 11) is -3.90. The molecule has 0 atom stereocenters. The number of ether oxygens (including phenoxy) is 2. The Kier molecular flexibility index (Phi) is 5.12. The first kappa shape index (κ1) is 19.2. The van der Waals surface area contributed by atoms with Crippen LogP contribution >= 0.6 is 0 Å². The topological polar surface area (TPSA) is 120 Å². The lowest BCUT2D eigenvalue weighted by Crippen LogP contribution is -2.32. The summed E-state index contributed by atoms with van der Waals surface area (Å²) in [6.07, 6.45) is 0.717. The molecule has 152 valence electrons. The number of aromatic nitrogens is 1. The molecule has 1 aromatic heterocycles. The molecule has 29 heavy (non-hydrogen) atoms. The fourth-order valence-corrected chi connectivity index (χ4v) is 3.88. The maximum absolute atomic E-state index is 12.5. The molecule has 10 heteroatoms. The number of anilines is 1. The maximum Gasteiger partial charge on any atom is 0.241 e. The Morgan fingerprint density at radius 1 is 1.10 bits per heavy atom. The van der Waals surface area contributed by atoms with E-state index in [1.165, 1.54) is 12.1 Å². The number of hydrogen-bond acceptors (Lipinski definition) is 7. The summed E-state index contributed by atoms with van der Waals surface area (Å²) in [6.45, 7) is 2.26. The van der Waals surface area contributed by atoms with E-state index in [0.29, 0.717) is 47.4 Å². The molecule has 2 heterocycles. The maximum atomic E-state index is 12.5. The smallest absolute Gasteiger partial charge is 0.241 e. The molecule has 0 radical (unpaired) electrons. The number of benzene rings is 2. The first-order valence-electron chi connectivity index (χ1n) is 8.97. The molecule has 1 aliphatic rings. The van der Waals surface area contributed by atoms with Gasteiger partial charge in [-0.2, -0.15) is 0 Å². The Morgan fingerprint density at radius 2 is 1.90 bits per heavy atom. The van der Waals surface area contributed by atoms with Crippen molar-refractivity contribution in [2.24, 2.45) is 0 Å². The number of fused-ring (bicyclic) bond motifs is 2. The first-order valence-corrected chi connectivity index (χ1v) is 10.5. The largest absolute Gasteiger partial charge is 0.490 e. The number of nitrogens with one attached hydrogen (secondary N) is 2. The van der Waals surface area contributed by atoms with Crippen LogP contribution in [0.5, 0.6) is 11.5 Å². The molecule has 0 saturated carbocycles. The van der Waals surface area contributed by atoms with Crippen molar-refractivity contribution in [3.05, 3.63) is 42.3 Å². The highest BCUT2D eigenvalue weighted by Crippen LogP contribution is 2.31. The second-order valence-electron chi connectivity index (χ2n) is 6.45. The second-order valence-corrected chi connectivity index (χ2v) is 8.21. The van der Waals surface area contributed by atoms with E-state index in [4.69, 9.17) is 13.9 Å². The summed E-state index contributed by atoms with van der Waals surface area (Å²) in [5.41, 5.74) is 1.70. The van der Waals surface area contributed by atoms with Crippen molar-refractivity contribution < 1.29 is 27.1 Å². The minimum Gasteiger partial charge on any atom is -0.490 e. The molecule has 1 aliphatic heterocycles. The SMILES string of the molecule is Cc1nc2cc(NC(=O)CNS(=O)(=O)c3ccc4c(c3)OCCCO4)ccc2o1. The number of oxazole rings is 1. The molecule has 3 aromatic rings. The average molecular weight is 417 g/mol. The molecule has 0 aliphatic carbocycles. The minimum absolute atomic E-state index is 0.00552. The third-order valence-corrected chi connectivity index (χ3v) is 5.63. The van der Waals surface area contributed by atoms with Gasteiger partial charge in [0.15, 0.2) is 23.0 Å². The van der Waals surface area contributed by atoms with Crippen molar-refractivity contribution in [3.63, 3.8) is 0 Å². The molecule has 0 spiro atoms. The number of sulfonamides is 1. The van der Waals surface area contributed by atoms with E-state index in [-0.39, 0.29) is 4.90 Å². The fourth-order valence-electron chi connectivity index (χ4n) is 2.88. The van der Waals surface area contributed by atoms with Gasteiger partial charge >= 0.3 is 0 Å². The van der Waals surface area contributed by atoms with E-state index in [1.807, 2.05) is 0 Å². The van der Waals surface area contributed by atoms with Crippen molar-refractivity contribution in [1.82, 2.24) is 9.71 Å². The van der Waals surface area contributed by atoms with E-state index >= 15 is 0 Å². The molecule has 1 amide bonds. The zero-order chi connectivity index (χ0) is 20.4. The van der Waals surface area contributed by atoms with Gasteiger partial charge in [0, 0.05) is 25.1 Å². The summed E-state index contributed by atoms with van der Waals surface area (Å²) in [4.78, 5) is 16.4. The predicted octanol–water partition coefficient (Wildman–Crippen LogP) is 2.21. The Bertz CT molecular complexity index is 1170. The van der Waals surface area contributed by atoms with Gasteiger partial charge in [0.2, 0.25) is 15.9 Å². The number of hydrogen-bond donors (Lipinski definition) is 2. The Hall–Kier alpha value is -3.11. The van der Waals surface area contributed by atoms with E-state index in [9.17, 15) is 13.2 Å². The number of nitrogens with zero attached hydrogens (tertiary/aromatic N) is 1. The van der Waals surface area contributed by atoms with E-state index < -0.39 is 22.5 Å². The van der Waals surface area contributed by atoms with Gasteiger partial charge < -0.3 is 19.2 Å². The molecule has 2 aromatic carbocycles. The Morgan fingerprint density at radius 3 is 2.72 bits per heavy atom. The molecule has 4 rings (SSSR count). The molecule has 2 N–H and O–H groups in total. The van der Waals surface area contributed by atoms with Crippen molar-refractivity contribution in [2.75, 3.05) is 25.1 Å². The van der Waals surface area contributed by atoms with Gasteiger partial charge in [0.1, 0.15) is 5.52 Å². The highest BCUT2D eigenvalue weighted by molar-refractivity contribution is 7.89. The molecule has 0 unspecified atom stereocenters. The van der Waals surface area contributed by atoms with Crippen LogP contribution in [0.2, 0.25) is 0 Å². The zero-order valence-corrected chi connectivity index (χ0v) is 16.4. The molecule has 0 bridgehead atoms. The van der Waals surface area contributed by atoms with Crippen LogP contribution in [0.4, 0.5) is 5.69 Å². The number of rotatable bonds is 5. The van der Waals surface area contributed by atoms with Crippen LogP contribution in [-0.2, 0) is 14.8 Å². The Labute approximate surface area is 167 Å². The van der Waals surface area contributed by atoms with E-state index in [0.717, 1.165) is 6.42 Å². The van der Waals surface area contributed by atoms with Crippen molar-refractivity contribution in [2.45, 2.75) is 18.2 Å². The van der Waals surface area contributed by atoms with Gasteiger partial charge in [-0.25, -0.2) is 18.1 Å². The quantitative estimate of drug-likeness (QED) is 0.653. The monoisotopic (exact) mass is 417 g/mol. The van der Waals surface area contributed by atoms with Gasteiger partial charge in [-0.3, -0.25) is 4.79 Å². The molecule has 0 saturated heterocycles. The van der Waals surface area contributed by atoms with E-state index in [2.05, 4.69) is 15.0 Å². The van der Waals surface area contributed by atoms with Crippen LogP contribution in [0.25, 0.3) is 11.1 Å². The van der Waals surface area contributed by atoms with Crippen LogP contribution < -0.4 is 19.5 Å². The van der Waals surface area contributed by atoms with Gasteiger partial charge in [-0.1, -0.05) is 0 Å². The normalized spacial score (nSPS) is 13.8. The summed E-state index contributed by atoms with van der Waals surface area (Å²) in [6, 6.07) is 9.35. The standard InChI is InChI=1S/C19H19N3O6S/c1-12-21-15-9-13(3-5-16(15)28-12)22-19(23)11-20-29(24,25)14-4-6-17-18(10-14)27-8-2-7-26-17/h3-6,9-10,20H,2,7-8,11H2,1H3,(H,22,23). The number of amides is 1. The highest BCUT2D eigenvalue weighted by Gasteiger charge is 2.19. The zero-order valence-electron chi connectivity index (χ0n) is 15.6. The lowest BCUT2D eigenvalue weighted by atomic mass is 10.3. The molecule has 0 fully saturated rings. The second kappa shape index (κ2) is 7.72. The number of carbonyl (C=O) groups is 1. The highest BCUT2D eigenvalue weighted by atomic mass is 32.2. The Balaban J connectivity index is 1.41. The van der Waals surface area contributed by atoms with Crippen molar-refractivity contribution in [3.8, 4) is 11.5 Å². The first-order chi connectivity index (χ1) is 13.9. The van der Waals surface area contributed by atoms with Crippen LogP contribution in [0.3, 0.4) is 0 Å². The van der Waals surface area contributed by atoms with Gasteiger partial charge in [-0.15, -0.1) is 0 Å². The fraction of sp³-hybridized carbons (Fsp3) is 0.263. The minimum atomic E-state index is -3.90. The van der Waals surface area contributed by atoms with Gasteiger partial charge in [0.25, 0.3) is 0 Å². The van der Waals surface area contributed by atoms with Gasteiger partial charge in [0.05, 0.1) is 24.7 Å². The predicted molar refractivity (Wildman–Crippen MR) is 105 cm³/mol. The molecular weight excluding hydrogens is 398 g/mol. The summed E-state index contributed by atoms with van der Waals surface area (Å²) < 4.78 is 43.7. The summed E-state index contributed by atoms with van der Waals surface area (Å²) in [5, 5.41) is 2.63. The van der Waals surface area contributed by atoms with Crippen molar-refractivity contribution in [1.29, 1.82) is 0 Å². The molecular formula is C19H19N3O6S. The third-order valence-electron chi connectivity index (χ3n) is 4.23. The van der Waals surface area contributed by atoms with Crippen molar-refractivity contribution >= 4 is 32.7 Å². The lowest BCUT2D eigenvalue weighted by Gasteiger charge is -2.11. The number of carbonyl (C=O) groups excluding carboxylic acids is 1. The van der Waals surface area contributed by atoms with E-state index in [1.54, 1.807) is 31.2 Å². The van der Waals surface area contributed by atoms with Crippen LogP contribution in [0.15, 0.2) is 45.7 Å². The third kappa shape index (κ3) is 4.33. The summed E-state index contributed by atoms with van der Waals surface area (Å²) >= 11 is 0.